The van der Waals surface area contributed by atoms with Gasteiger partial charge < -0.3 is 14.8 Å². The molecule has 8 nitrogen and oxygen atoms in total. The second-order valence-corrected chi connectivity index (χ2v) is 6.06. The lowest BCUT2D eigenvalue weighted by Gasteiger charge is -2.11. The van der Waals surface area contributed by atoms with Crippen LogP contribution in [0.15, 0.2) is 23.4 Å². The minimum atomic E-state index is -0.293. The molecule has 0 spiro atoms. The van der Waals surface area contributed by atoms with Crippen LogP contribution in [-0.4, -0.2) is 38.2 Å². The molecular weight excluding hydrogens is 306 g/mol. The van der Waals surface area contributed by atoms with E-state index in [1.165, 1.54) is 16.4 Å². The molecule has 1 amide bonds. The van der Waals surface area contributed by atoms with Gasteiger partial charge >= 0.3 is 0 Å². The Bertz CT molecular complexity index is 690. The van der Waals surface area contributed by atoms with Gasteiger partial charge in [-0.2, -0.15) is 0 Å². The standard InChI is InChI=1S/C13H15N5O3S/c1-8(22-13-15-16-17-18(13)2)12(19)14-6-9-3-4-10-11(5-9)21-7-20-10/h3-5,8H,6-7H2,1-2H3,(H,14,19)/t8-/m0/s1. The molecule has 22 heavy (non-hydrogen) atoms. The predicted octanol–water partition coefficient (Wildman–Crippen LogP) is 0.736. The van der Waals surface area contributed by atoms with E-state index in [9.17, 15) is 4.79 Å². The van der Waals surface area contributed by atoms with E-state index in [-0.39, 0.29) is 18.0 Å². The van der Waals surface area contributed by atoms with Crippen LogP contribution in [0.1, 0.15) is 12.5 Å². The zero-order valence-corrected chi connectivity index (χ0v) is 13.0. The van der Waals surface area contributed by atoms with Gasteiger partial charge in [0.25, 0.3) is 0 Å². The van der Waals surface area contributed by atoms with Gasteiger partial charge in [-0.15, -0.1) is 5.10 Å². The smallest absolute Gasteiger partial charge is 0.233 e. The number of tetrazole rings is 1. The summed E-state index contributed by atoms with van der Waals surface area (Å²) >= 11 is 1.31. The number of aryl methyl sites for hydroxylation is 1. The van der Waals surface area contributed by atoms with E-state index in [1.807, 2.05) is 25.1 Å². The largest absolute Gasteiger partial charge is 0.454 e. The van der Waals surface area contributed by atoms with Gasteiger partial charge in [0.1, 0.15) is 0 Å². The number of carbonyl (C=O) groups is 1. The molecule has 1 aromatic heterocycles. The average Bonchev–Trinajstić information content (AvgIpc) is 3.13. The van der Waals surface area contributed by atoms with Crippen LogP contribution in [0.3, 0.4) is 0 Å². The number of nitrogens with one attached hydrogen (secondary N) is 1. The number of rotatable bonds is 5. The van der Waals surface area contributed by atoms with E-state index in [1.54, 1.807) is 7.05 Å². The molecule has 0 saturated heterocycles. The summed E-state index contributed by atoms with van der Waals surface area (Å²) in [6, 6.07) is 5.61. The Hall–Kier alpha value is -2.29. The van der Waals surface area contributed by atoms with Crippen molar-refractivity contribution in [3.63, 3.8) is 0 Å². The van der Waals surface area contributed by atoms with Crippen LogP contribution in [0.5, 0.6) is 11.5 Å². The fraction of sp³-hybridized carbons (Fsp3) is 0.385. The van der Waals surface area contributed by atoms with Gasteiger partial charge in [0, 0.05) is 13.6 Å². The van der Waals surface area contributed by atoms with Crippen LogP contribution in [0.4, 0.5) is 0 Å². The highest BCUT2D eigenvalue weighted by Crippen LogP contribution is 2.32. The fourth-order valence-electron chi connectivity index (χ4n) is 1.92. The van der Waals surface area contributed by atoms with E-state index < -0.39 is 0 Å². The van der Waals surface area contributed by atoms with Crippen LogP contribution in [-0.2, 0) is 18.4 Å². The van der Waals surface area contributed by atoms with E-state index in [2.05, 4.69) is 20.8 Å². The molecule has 0 fully saturated rings. The molecule has 2 heterocycles. The lowest BCUT2D eigenvalue weighted by Crippen LogP contribution is -2.30. The summed E-state index contributed by atoms with van der Waals surface area (Å²) in [5.41, 5.74) is 0.954. The Labute approximate surface area is 131 Å². The molecule has 0 radical (unpaired) electrons. The molecule has 1 aliphatic heterocycles. The van der Waals surface area contributed by atoms with Crippen LogP contribution >= 0.6 is 11.8 Å². The summed E-state index contributed by atoms with van der Waals surface area (Å²) in [4.78, 5) is 12.1. The van der Waals surface area contributed by atoms with Crippen molar-refractivity contribution >= 4 is 17.7 Å². The van der Waals surface area contributed by atoms with Gasteiger partial charge in [-0.25, -0.2) is 4.68 Å². The third-order valence-corrected chi connectivity index (χ3v) is 4.26. The molecule has 1 atom stereocenters. The first-order chi connectivity index (χ1) is 10.6. The molecule has 0 aliphatic carbocycles. The van der Waals surface area contributed by atoms with Crippen molar-refractivity contribution in [2.24, 2.45) is 7.05 Å². The average molecular weight is 321 g/mol. The van der Waals surface area contributed by atoms with E-state index >= 15 is 0 Å². The highest BCUT2D eigenvalue weighted by atomic mass is 32.2. The Morgan fingerprint density at radius 3 is 3.05 bits per heavy atom. The maximum atomic E-state index is 12.1. The Kier molecular flexibility index (Phi) is 4.14. The summed E-state index contributed by atoms with van der Waals surface area (Å²) < 4.78 is 12.1. The van der Waals surface area contributed by atoms with Gasteiger partial charge in [0.2, 0.25) is 17.9 Å². The fourth-order valence-corrected chi connectivity index (χ4v) is 2.70. The molecule has 3 rings (SSSR count). The van der Waals surface area contributed by atoms with Gasteiger partial charge in [0.15, 0.2) is 11.5 Å². The lowest BCUT2D eigenvalue weighted by atomic mass is 10.2. The number of aromatic nitrogens is 4. The first-order valence-electron chi connectivity index (χ1n) is 6.69. The molecule has 1 aliphatic rings. The first kappa shape index (κ1) is 14.6. The van der Waals surface area contributed by atoms with Gasteiger partial charge in [0.05, 0.1) is 5.25 Å². The van der Waals surface area contributed by atoms with E-state index in [0.29, 0.717) is 17.5 Å². The van der Waals surface area contributed by atoms with Crippen molar-refractivity contribution in [2.45, 2.75) is 23.9 Å². The van der Waals surface area contributed by atoms with Crippen molar-refractivity contribution in [1.29, 1.82) is 0 Å². The number of fused-ring (bicyclic) bond motifs is 1. The van der Waals surface area contributed by atoms with Crippen molar-refractivity contribution in [3.8, 4) is 11.5 Å². The molecule has 0 saturated carbocycles. The van der Waals surface area contributed by atoms with Gasteiger partial charge in [-0.05, 0) is 35.0 Å². The maximum absolute atomic E-state index is 12.1. The van der Waals surface area contributed by atoms with Gasteiger partial charge in [-0.3, -0.25) is 4.79 Å². The quantitative estimate of drug-likeness (QED) is 0.812. The summed E-state index contributed by atoms with van der Waals surface area (Å²) in [5, 5.41) is 14.3. The number of amides is 1. The van der Waals surface area contributed by atoms with Crippen LogP contribution in [0.25, 0.3) is 0 Å². The van der Waals surface area contributed by atoms with Crippen LogP contribution < -0.4 is 14.8 Å². The number of hydrogen-bond acceptors (Lipinski definition) is 7. The maximum Gasteiger partial charge on any atom is 0.233 e. The summed E-state index contributed by atoms with van der Waals surface area (Å²) in [6.45, 7) is 2.48. The first-order valence-corrected chi connectivity index (χ1v) is 7.56. The van der Waals surface area contributed by atoms with Crippen molar-refractivity contribution in [3.05, 3.63) is 23.8 Å². The number of thioether (sulfide) groups is 1. The minimum Gasteiger partial charge on any atom is -0.454 e. The van der Waals surface area contributed by atoms with Crippen LogP contribution in [0.2, 0.25) is 0 Å². The number of carbonyl (C=O) groups excluding carboxylic acids is 1. The monoisotopic (exact) mass is 321 g/mol. The lowest BCUT2D eigenvalue weighted by molar-refractivity contribution is -0.120. The number of hydrogen-bond donors (Lipinski definition) is 1. The summed E-state index contributed by atoms with van der Waals surface area (Å²) in [6.07, 6.45) is 0. The Balaban J connectivity index is 1.54. The second-order valence-electron chi connectivity index (χ2n) is 4.75. The molecule has 116 valence electrons. The molecule has 9 heteroatoms. The second kappa shape index (κ2) is 6.22. The molecule has 0 unspecified atom stereocenters. The summed E-state index contributed by atoms with van der Waals surface area (Å²) in [5.74, 6) is 1.36. The number of benzene rings is 1. The highest BCUT2D eigenvalue weighted by molar-refractivity contribution is 8.00. The third-order valence-electron chi connectivity index (χ3n) is 3.14. The van der Waals surface area contributed by atoms with E-state index in [4.69, 9.17) is 9.47 Å². The zero-order chi connectivity index (χ0) is 15.5. The third kappa shape index (κ3) is 3.14. The van der Waals surface area contributed by atoms with E-state index in [0.717, 1.165) is 11.3 Å². The highest BCUT2D eigenvalue weighted by Gasteiger charge is 2.18. The SMILES string of the molecule is C[C@H](Sc1nnnn1C)C(=O)NCc1ccc2c(c1)OCO2. The Morgan fingerprint density at radius 2 is 2.27 bits per heavy atom. The molecule has 0 bridgehead atoms. The van der Waals surface area contributed by atoms with Crippen molar-refractivity contribution < 1.29 is 14.3 Å². The zero-order valence-electron chi connectivity index (χ0n) is 12.1. The Morgan fingerprint density at radius 1 is 1.45 bits per heavy atom. The van der Waals surface area contributed by atoms with Crippen molar-refractivity contribution in [2.75, 3.05) is 6.79 Å². The summed E-state index contributed by atoms with van der Waals surface area (Å²) in [7, 11) is 1.74. The topological polar surface area (TPSA) is 91.2 Å². The molecular formula is C13H15N5O3S. The minimum absolute atomic E-state index is 0.0781. The molecule has 2 aromatic rings. The van der Waals surface area contributed by atoms with Crippen molar-refractivity contribution in [1.82, 2.24) is 25.5 Å². The molecule has 1 aromatic carbocycles. The molecule has 1 N–H and O–H groups in total. The number of ether oxygens (including phenoxy) is 2. The number of nitrogens with zero attached hydrogens (tertiary/aromatic N) is 4. The van der Waals surface area contributed by atoms with Crippen LogP contribution in [0, 0.1) is 0 Å². The normalized spacial score (nSPS) is 13.9. The predicted molar refractivity (Wildman–Crippen MR) is 78.5 cm³/mol. The van der Waals surface area contributed by atoms with Gasteiger partial charge in [-0.1, -0.05) is 17.8 Å².